The second kappa shape index (κ2) is 6.03. The third-order valence-electron chi connectivity index (χ3n) is 3.37. The molecule has 0 radical (unpaired) electrons. The molecule has 3 heteroatoms. The fraction of sp³-hybridized carbons (Fsp3) is 0.333. The predicted octanol–water partition coefficient (Wildman–Crippen LogP) is 2.62. The Labute approximate surface area is 109 Å². The van der Waals surface area contributed by atoms with Gasteiger partial charge in [0.1, 0.15) is 0 Å². The first kappa shape index (κ1) is 13.1. The van der Waals surface area contributed by atoms with Crippen LogP contribution in [0.25, 0.3) is 0 Å². The summed E-state index contributed by atoms with van der Waals surface area (Å²) >= 11 is 0. The van der Waals surface area contributed by atoms with Crippen LogP contribution in [0.5, 0.6) is 0 Å². The van der Waals surface area contributed by atoms with E-state index in [2.05, 4.69) is 31.2 Å². The van der Waals surface area contributed by atoms with Gasteiger partial charge in [0.25, 0.3) is 0 Å². The Kier molecular flexibility index (Phi) is 4.40. The lowest BCUT2D eigenvalue weighted by Gasteiger charge is -2.16. The molecule has 0 aliphatic heterocycles. The third-order valence-corrected chi connectivity index (χ3v) is 3.37. The minimum absolute atomic E-state index is 0.350. The van der Waals surface area contributed by atoms with Gasteiger partial charge in [0.2, 0.25) is 0 Å². The molecule has 94 valence electrons. The van der Waals surface area contributed by atoms with Crippen LogP contribution in [-0.2, 0) is 6.42 Å². The van der Waals surface area contributed by atoms with Gasteiger partial charge in [0.15, 0.2) is 0 Å². The molecule has 0 amide bonds. The van der Waals surface area contributed by atoms with Crippen molar-refractivity contribution in [2.24, 2.45) is 0 Å². The van der Waals surface area contributed by atoms with Crippen LogP contribution in [-0.4, -0.2) is 17.2 Å². The summed E-state index contributed by atoms with van der Waals surface area (Å²) in [7, 11) is -1.35. The van der Waals surface area contributed by atoms with Crippen LogP contribution in [0.3, 0.4) is 0 Å². The van der Waals surface area contributed by atoms with Gasteiger partial charge in [-0.1, -0.05) is 55.8 Å². The number of allylic oxidation sites excluding steroid dienone is 4. The van der Waals surface area contributed by atoms with E-state index in [4.69, 9.17) is 10.0 Å². The van der Waals surface area contributed by atoms with Gasteiger partial charge in [-0.3, -0.25) is 0 Å². The average molecular weight is 242 g/mol. The fourth-order valence-corrected chi connectivity index (χ4v) is 2.30. The van der Waals surface area contributed by atoms with Crippen molar-refractivity contribution in [1.82, 2.24) is 0 Å². The molecule has 18 heavy (non-hydrogen) atoms. The number of aryl methyl sites for hydroxylation is 1. The largest absolute Gasteiger partial charge is 0.488 e. The van der Waals surface area contributed by atoms with Crippen LogP contribution in [0, 0.1) is 0 Å². The van der Waals surface area contributed by atoms with E-state index in [1.165, 1.54) is 17.5 Å². The topological polar surface area (TPSA) is 40.5 Å². The highest BCUT2D eigenvalue weighted by Crippen LogP contribution is 2.27. The second-order valence-corrected chi connectivity index (χ2v) is 4.77. The molecule has 1 aromatic carbocycles. The normalized spacial score (nSPS) is 18.6. The van der Waals surface area contributed by atoms with E-state index in [-0.39, 0.29) is 0 Å². The van der Waals surface area contributed by atoms with Gasteiger partial charge in [0, 0.05) is 5.92 Å². The molecule has 1 aliphatic rings. The Morgan fingerprint density at radius 2 is 1.94 bits per heavy atom. The van der Waals surface area contributed by atoms with Gasteiger partial charge in [-0.2, -0.15) is 0 Å². The number of hydrogen-bond donors (Lipinski definition) is 2. The van der Waals surface area contributed by atoms with Crippen LogP contribution >= 0.6 is 0 Å². The van der Waals surface area contributed by atoms with E-state index in [1.54, 1.807) is 6.08 Å². The van der Waals surface area contributed by atoms with Gasteiger partial charge in [0.05, 0.1) is 0 Å². The summed E-state index contributed by atoms with van der Waals surface area (Å²) in [6.45, 7) is 2.18. The van der Waals surface area contributed by atoms with Crippen molar-refractivity contribution in [2.75, 3.05) is 0 Å². The molecule has 0 spiro atoms. The molecule has 2 rings (SSSR count). The maximum Gasteiger partial charge on any atom is 0.488 e. The highest BCUT2D eigenvalue weighted by atomic mass is 16.4. The number of rotatable bonds is 4. The molecule has 2 N–H and O–H groups in total. The van der Waals surface area contributed by atoms with Gasteiger partial charge in [-0.05, 0) is 29.4 Å². The van der Waals surface area contributed by atoms with E-state index in [0.717, 1.165) is 12.8 Å². The van der Waals surface area contributed by atoms with Gasteiger partial charge in [-0.25, -0.2) is 0 Å². The van der Waals surface area contributed by atoms with Crippen LogP contribution in [0.2, 0.25) is 0 Å². The molecular weight excluding hydrogens is 223 g/mol. The van der Waals surface area contributed by atoms with Crippen LogP contribution in [0.15, 0.2) is 48.0 Å². The molecule has 0 fully saturated rings. The fourth-order valence-electron chi connectivity index (χ4n) is 2.30. The molecule has 0 bridgehead atoms. The monoisotopic (exact) mass is 242 g/mol. The lowest BCUT2D eigenvalue weighted by molar-refractivity contribution is 0.420. The molecule has 1 unspecified atom stereocenters. The minimum Gasteiger partial charge on any atom is -0.423 e. The van der Waals surface area contributed by atoms with Crippen molar-refractivity contribution in [3.63, 3.8) is 0 Å². The summed E-state index contributed by atoms with van der Waals surface area (Å²) in [5.74, 6) is 0.350. The van der Waals surface area contributed by atoms with E-state index < -0.39 is 7.12 Å². The first-order valence-corrected chi connectivity index (χ1v) is 6.54. The molecule has 0 heterocycles. The smallest absolute Gasteiger partial charge is 0.423 e. The van der Waals surface area contributed by atoms with Crippen molar-refractivity contribution < 1.29 is 10.0 Å². The zero-order valence-electron chi connectivity index (χ0n) is 10.7. The Morgan fingerprint density at radius 1 is 1.22 bits per heavy atom. The third kappa shape index (κ3) is 3.12. The van der Waals surface area contributed by atoms with E-state index >= 15 is 0 Å². The standard InChI is InChI=1S/C15H19BO2/c1-2-3-12-4-6-13(7-5-12)14-8-10-15(11-9-14)16(17)18/h4-8,10-11,14,17-18H,2-3,9H2,1H3. The van der Waals surface area contributed by atoms with Crippen molar-refractivity contribution >= 4 is 7.12 Å². The average Bonchev–Trinajstić information content (AvgIpc) is 2.40. The zero-order chi connectivity index (χ0) is 13.0. The van der Waals surface area contributed by atoms with Crippen molar-refractivity contribution in [3.8, 4) is 0 Å². The van der Waals surface area contributed by atoms with Crippen LogP contribution < -0.4 is 0 Å². The molecule has 2 nitrogen and oxygen atoms in total. The van der Waals surface area contributed by atoms with E-state index in [9.17, 15) is 0 Å². The highest BCUT2D eigenvalue weighted by molar-refractivity contribution is 6.51. The van der Waals surface area contributed by atoms with Crippen molar-refractivity contribution in [2.45, 2.75) is 32.1 Å². The molecule has 0 aromatic heterocycles. The minimum atomic E-state index is -1.35. The summed E-state index contributed by atoms with van der Waals surface area (Å²) < 4.78 is 0. The highest BCUT2D eigenvalue weighted by Gasteiger charge is 2.17. The van der Waals surface area contributed by atoms with Crippen LogP contribution in [0.1, 0.15) is 36.8 Å². The first-order chi connectivity index (χ1) is 8.70. The molecular formula is C15H19BO2. The van der Waals surface area contributed by atoms with Crippen molar-refractivity contribution in [3.05, 3.63) is 59.1 Å². The lowest BCUT2D eigenvalue weighted by atomic mass is 9.74. The zero-order valence-corrected chi connectivity index (χ0v) is 10.7. The summed E-state index contributed by atoms with van der Waals surface area (Å²) in [4.78, 5) is 0. The maximum absolute atomic E-state index is 9.07. The van der Waals surface area contributed by atoms with Gasteiger partial charge < -0.3 is 10.0 Å². The molecule has 0 saturated carbocycles. The van der Waals surface area contributed by atoms with Crippen molar-refractivity contribution in [1.29, 1.82) is 0 Å². The Bertz CT molecular complexity index is 446. The summed E-state index contributed by atoms with van der Waals surface area (Å²) in [5.41, 5.74) is 3.26. The molecule has 0 saturated heterocycles. The summed E-state index contributed by atoms with van der Waals surface area (Å²) in [5, 5.41) is 18.1. The number of hydrogen-bond acceptors (Lipinski definition) is 2. The maximum atomic E-state index is 9.07. The molecule has 1 aliphatic carbocycles. The van der Waals surface area contributed by atoms with Gasteiger partial charge in [-0.15, -0.1) is 0 Å². The van der Waals surface area contributed by atoms with E-state index in [1.807, 2.05) is 12.2 Å². The SMILES string of the molecule is CCCc1ccc(C2C=CC(B(O)O)=CC2)cc1. The summed E-state index contributed by atoms with van der Waals surface area (Å²) in [6, 6.07) is 8.72. The Hall–Kier alpha value is -1.32. The Balaban J connectivity index is 2.04. The van der Waals surface area contributed by atoms with Crippen LogP contribution in [0.4, 0.5) is 0 Å². The number of benzene rings is 1. The second-order valence-electron chi connectivity index (χ2n) is 4.77. The van der Waals surface area contributed by atoms with E-state index in [0.29, 0.717) is 11.4 Å². The lowest BCUT2D eigenvalue weighted by Crippen LogP contribution is -2.16. The predicted molar refractivity (Wildman–Crippen MR) is 75.2 cm³/mol. The van der Waals surface area contributed by atoms with Gasteiger partial charge >= 0.3 is 7.12 Å². The molecule has 1 aromatic rings. The summed E-state index contributed by atoms with van der Waals surface area (Å²) in [6.07, 6.45) is 8.87. The first-order valence-electron chi connectivity index (χ1n) is 6.54. The quantitative estimate of drug-likeness (QED) is 0.797. The molecule has 1 atom stereocenters. The Morgan fingerprint density at radius 3 is 2.44 bits per heavy atom.